The average Bonchev–Trinajstić information content (AvgIpc) is 2.46. The van der Waals surface area contributed by atoms with Crippen molar-refractivity contribution in [1.29, 1.82) is 0 Å². The van der Waals surface area contributed by atoms with Crippen molar-refractivity contribution in [3.8, 4) is 0 Å². The van der Waals surface area contributed by atoms with Crippen LogP contribution in [0.2, 0.25) is 5.15 Å². The van der Waals surface area contributed by atoms with Crippen LogP contribution >= 0.6 is 11.6 Å². The molecule has 106 valence electrons. The molecule has 21 heavy (non-hydrogen) atoms. The SMILES string of the molecule is O=c1c2c(Cl)nccc2ncn1Cc1ccc(F)c(F)c1. The number of nitrogens with zero attached hydrogens (tertiary/aromatic N) is 3. The van der Waals surface area contributed by atoms with Crippen molar-refractivity contribution < 1.29 is 8.78 Å². The minimum absolute atomic E-state index is 0.0597. The Morgan fingerprint density at radius 2 is 1.95 bits per heavy atom. The van der Waals surface area contributed by atoms with Crippen molar-refractivity contribution >= 4 is 22.5 Å². The van der Waals surface area contributed by atoms with Gasteiger partial charge < -0.3 is 0 Å². The molecule has 0 amide bonds. The van der Waals surface area contributed by atoms with Crippen LogP contribution in [0, 0.1) is 11.6 Å². The molecule has 0 bridgehead atoms. The van der Waals surface area contributed by atoms with E-state index in [1.54, 1.807) is 6.07 Å². The van der Waals surface area contributed by atoms with Crippen LogP contribution in [0.3, 0.4) is 0 Å². The Morgan fingerprint density at radius 1 is 1.14 bits per heavy atom. The van der Waals surface area contributed by atoms with E-state index in [2.05, 4.69) is 9.97 Å². The second kappa shape index (κ2) is 5.21. The highest BCUT2D eigenvalue weighted by atomic mass is 35.5. The van der Waals surface area contributed by atoms with Crippen LogP contribution in [0.4, 0.5) is 8.78 Å². The molecule has 0 fully saturated rings. The normalized spacial score (nSPS) is 11.0. The molecule has 0 spiro atoms. The van der Waals surface area contributed by atoms with Gasteiger partial charge in [0.2, 0.25) is 0 Å². The lowest BCUT2D eigenvalue weighted by Crippen LogP contribution is -2.21. The fourth-order valence-corrected chi connectivity index (χ4v) is 2.24. The van der Waals surface area contributed by atoms with Crippen LogP contribution in [0.25, 0.3) is 10.9 Å². The summed E-state index contributed by atoms with van der Waals surface area (Å²) in [5.41, 5.74) is 0.488. The Hall–Kier alpha value is -2.34. The number of pyridine rings is 1. The zero-order chi connectivity index (χ0) is 15.0. The number of rotatable bonds is 2. The van der Waals surface area contributed by atoms with Crippen molar-refractivity contribution in [2.45, 2.75) is 6.54 Å². The molecule has 7 heteroatoms. The largest absolute Gasteiger partial charge is 0.294 e. The summed E-state index contributed by atoms with van der Waals surface area (Å²) in [6.07, 6.45) is 2.79. The highest BCUT2D eigenvalue weighted by Crippen LogP contribution is 2.15. The summed E-state index contributed by atoms with van der Waals surface area (Å²) in [6.45, 7) is 0.0597. The van der Waals surface area contributed by atoms with Crippen LogP contribution in [0.1, 0.15) is 5.56 Å². The predicted octanol–water partition coefficient (Wildman–Crippen LogP) is 2.77. The van der Waals surface area contributed by atoms with Crippen LogP contribution in [-0.4, -0.2) is 14.5 Å². The maximum Gasteiger partial charge on any atom is 0.264 e. The predicted molar refractivity (Wildman–Crippen MR) is 74.3 cm³/mol. The minimum atomic E-state index is -0.964. The molecule has 0 aliphatic heterocycles. The van der Waals surface area contributed by atoms with Crippen molar-refractivity contribution in [3.63, 3.8) is 0 Å². The Kier molecular flexibility index (Phi) is 3.39. The Morgan fingerprint density at radius 3 is 2.71 bits per heavy atom. The van der Waals surface area contributed by atoms with E-state index in [1.165, 1.54) is 23.2 Å². The molecule has 0 aliphatic rings. The molecule has 2 aromatic heterocycles. The van der Waals surface area contributed by atoms with E-state index < -0.39 is 11.6 Å². The van der Waals surface area contributed by atoms with Gasteiger partial charge in [-0.3, -0.25) is 9.36 Å². The highest BCUT2D eigenvalue weighted by Gasteiger charge is 2.10. The van der Waals surface area contributed by atoms with E-state index in [4.69, 9.17) is 11.6 Å². The third-order valence-electron chi connectivity index (χ3n) is 3.03. The van der Waals surface area contributed by atoms with Gasteiger partial charge in [0.1, 0.15) is 10.5 Å². The van der Waals surface area contributed by atoms with E-state index in [1.807, 2.05) is 0 Å². The summed E-state index contributed by atoms with van der Waals surface area (Å²) in [5, 5.41) is 0.258. The third kappa shape index (κ3) is 2.50. The molecule has 0 N–H and O–H groups in total. The highest BCUT2D eigenvalue weighted by molar-refractivity contribution is 6.33. The van der Waals surface area contributed by atoms with Crippen molar-refractivity contribution in [2.24, 2.45) is 0 Å². The number of fused-ring (bicyclic) bond motifs is 1. The average molecular weight is 308 g/mol. The summed E-state index contributed by atoms with van der Waals surface area (Å²) in [5.74, 6) is -1.90. The molecule has 3 rings (SSSR count). The standard InChI is InChI=1S/C14H8ClF2N3O/c15-13-12-11(3-4-18-13)19-7-20(14(12)21)6-8-1-2-9(16)10(17)5-8/h1-5,7H,6H2. The Balaban J connectivity index is 2.09. The molecule has 0 atom stereocenters. The summed E-state index contributed by atoms with van der Waals surface area (Å²) >= 11 is 5.91. The van der Waals surface area contributed by atoms with Gasteiger partial charge >= 0.3 is 0 Å². The van der Waals surface area contributed by atoms with Crippen LogP contribution in [0.5, 0.6) is 0 Å². The smallest absolute Gasteiger partial charge is 0.264 e. The first-order valence-electron chi connectivity index (χ1n) is 6.00. The van der Waals surface area contributed by atoms with Gasteiger partial charge in [-0.1, -0.05) is 17.7 Å². The first-order valence-corrected chi connectivity index (χ1v) is 6.37. The number of halogens is 3. The second-order valence-corrected chi connectivity index (χ2v) is 4.78. The van der Waals surface area contributed by atoms with Crippen molar-refractivity contribution in [2.75, 3.05) is 0 Å². The van der Waals surface area contributed by atoms with Gasteiger partial charge in [-0.05, 0) is 23.8 Å². The second-order valence-electron chi connectivity index (χ2n) is 4.42. The first-order chi connectivity index (χ1) is 10.1. The Labute approximate surface area is 122 Å². The van der Waals surface area contributed by atoms with Gasteiger partial charge in [0.25, 0.3) is 5.56 Å². The van der Waals surface area contributed by atoms with Crippen molar-refractivity contribution in [1.82, 2.24) is 14.5 Å². The van der Waals surface area contributed by atoms with E-state index in [0.29, 0.717) is 11.1 Å². The number of aromatic nitrogens is 3. The summed E-state index contributed by atoms with van der Waals surface area (Å²) < 4.78 is 27.4. The maximum absolute atomic E-state index is 13.2. The first kappa shape index (κ1) is 13.6. The van der Waals surface area contributed by atoms with Crippen LogP contribution in [0.15, 0.2) is 41.6 Å². The van der Waals surface area contributed by atoms with Gasteiger partial charge in [0, 0.05) is 6.20 Å². The summed E-state index contributed by atoms with van der Waals surface area (Å²) in [4.78, 5) is 20.3. The maximum atomic E-state index is 13.2. The van der Waals surface area contributed by atoms with Crippen molar-refractivity contribution in [3.05, 3.63) is 69.5 Å². The molecular weight excluding hydrogens is 300 g/mol. The number of benzene rings is 1. The van der Waals surface area contributed by atoms with Gasteiger partial charge in [-0.2, -0.15) is 0 Å². The molecule has 3 aromatic rings. The lowest BCUT2D eigenvalue weighted by Gasteiger charge is -2.07. The monoisotopic (exact) mass is 307 g/mol. The zero-order valence-corrected chi connectivity index (χ0v) is 11.3. The zero-order valence-electron chi connectivity index (χ0n) is 10.6. The van der Waals surface area contributed by atoms with Gasteiger partial charge in [0.05, 0.1) is 18.4 Å². The molecule has 1 aromatic carbocycles. The third-order valence-corrected chi connectivity index (χ3v) is 3.32. The fourth-order valence-electron chi connectivity index (χ4n) is 2.01. The Bertz CT molecular complexity index is 895. The quantitative estimate of drug-likeness (QED) is 0.684. The molecule has 0 unspecified atom stereocenters. The van der Waals surface area contributed by atoms with E-state index in [9.17, 15) is 13.6 Å². The van der Waals surface area contributed by atoms with E-state index >= 15 is 0 Å². The number of hydrogen-bond acceptors (Lipinski definition) is 3. The van der Waals surface area contributed by atoms with Crippen LogP contribution < -0.4 is 5.56 Å². The summed E-state index contributed by atoms with van der Waals surface area (Å²) in [7, 11) is 0. The molecule has 4 nitrogen and oxygen atoms in total. The van der Waals surface area contributed by atoms with E-state index in [0.717, 1.165) is 12.1 Å². The molecule has 0 radical (unpaired) electrons. The molecule has 2 heterocycles. The van der Waals surface area contributed by atoms with Gasteiger partial charge in [0.15, 0.2) is 11.6 Å². The lowest BCUT2D eigenvalue weighted by molar-refractivity contribution is 0.506. The van der Waals surface area contributed by atoms with Crippen LogP contribution in [-0.2, 0) is 6.54 Å². The summed E-state index contributed by atoms with van der Waals surface area (Å²) in [6, 6.07) is 5.03. The molecular formula is C14H8ClF2N3O. The van der Waals surface area contributed by atoms with E-state index in [-0.39, 0.29) is 22.6 Å². The molecule has 0 saturated heterocycles. The molecule has 0 aliphatic carbocycles. The molecule has 0 saturated carbocycles. The fraction of sp³-hybridized carbons (Fsp3) is 0.0714. The minimum Gasteiger partial charge on any atom is -0.294 e. The number of hydrogen-bond donors (Lipinski definition) is 0. The van der Waals surface area contributed by atoms with Gasteiger partial charge in [-0.15, -0.1) is 0 Å². The topological polar surface area (TPSA) is 47.8 Å². The van der Waals surface area contributed by atoms with Gasteiger partial charge in [-0.25, -0.2) is 18.7 Å². The lowest BCUT2D eigenvalue weighted by atomic mass is 10.2.